The summed E-state index contributed by atoms with van der Waals surface area (Å²) in [6.45, 7) is 10.7. The largest absolute Gasteiger partial charge is 0.371 e. The summed E-state index contributed by atoms with van der Waals surface area (Å²) in [5.74, 6) is -1.13. The Morgan fingerprint density at radius 1 is 1.08 bits per heavy atom. The van der Waals surface area contributed by atoms with E-state index in [0.717, 1.165) is 5.56 Å². The fourth-order valence-corrected chi connectivity index (χ4v) is 4.88. The molecule has 2 aromatic carbocycles. The van der Waals surface area contributed by atoms with Crippen molar-refractivity contribution in [2.24, 2.45) is 5.92 Å². The number of aryl methyl sites for hydroxylation is 1. The maximum absolute atomic E-state index is 14.4. The van der Waals surface area contributed by atoms with Gasteiger partial charge in [-0.25, -0.2) is 4.39 Å². The Labute approximate surface area is 213 Å². The predicted octanol–water partition coefficient (Wildman–Crippen LogP) is 5.06. The van der Waals surface area contributed by atoms with Crippen LogP contribution in [-0.4, -0.2) is 42.2 Å². The molecule has 2 aliphatic rings. The summed E-state index contributed by atoms with van der Waals surface area (Å²) in [4.78, 5) is 13.7. The first-order valence-corrected chi connectivity index (χ1v) is 12.8. The highest BCUT2D eigenvalue weighted by Gasteiger charge is 2.58. The zero-order valence-electron chi connectivity index (χ0n) is 21.9. The van der Waals surface area contributed by atoms with Gasteiger partial charge in [0.1, 0.15) is 11.9 Å². The van der Waals surface area contributed by atoms with E-state index in [4.69, 9.17) is 18.9 Å². The second-order valence-electron chi connectivity index (χ2n) is 10.9. The third-order valence-corrected chi connectivity index (χ3v) is 6.78. The summed E-state index contributed by atoms with van der Waals surface area (Å²) in [5.41, 5.74) is 1.35. The second kappa shape index (κ2) is 11.0. The van der Waals surface area contributed by atoms with Crippen molar-refractivity contribution < 1.29 is 28.1 Å². The number of carbonyl (C=O) groups excluding carboxylic acids is 1. The van der Waals surface area contributed by atoms with Crippen LogP contribution in [0.5, 0.6) is 0 Å². The van der Waals surface area contributed by atoms with Crippen LogP contribution in [0.25, 0.3) is 0 Å². The lowest BCUT2D eigenvalue weighted by molar-refractivity contribution is -0.183. The van der Waals surface area contributed by atoms with Crippen molar-refractivity contribution in [2.45, 2.75) is 90.4 Å². The molecule has 4 atom stereocenters. The van der Waals surface area contributed by atoms with Gasteiger partial charge in [-0.3, -0.25) is 4.79 Å². The van der Waals surface area contributed by atoms with Crippen LogP contribution >= 0.6 is 0 Å². The van der Waals surface area contributed by atoms with Crippen molar-refractivity contribution in [1.82, 2.24) is 5.32 Å². The van der Waals surface area contributed by atoms with Crippen molar-refractivity contribution in [1.29, 1.82) is 0 Å². The van der Waals surface area contributed by atoms with Crippen LogP contribution in [0.2, 0.25) is 0 Å². The zero-order valence-corrected chi connectivity index (χ0v) is 21.9. The summed E-state index contributed by atoms with van der Waals surface area (Å²) in [7, 11) is 0. The molecule has 0 bridgehead atoms. The number of nitrogens with one attached hydrogen (secondary N) is 1. The molecule has 7 heteroatoms. The molecular formula is C29H38FNO5. The Morgan fingerprint density at radius 2 is 1.81 bits per heavy atom. The minimum atomic E-state index is -1.25. The van der Waals surface area contributed by atoms with Crippen LogP contribution in [0.4, 0.5) is 4.39 Å². The van der Waals surface area contributed by atoms with Crippen LogP contribution in [-0.2, 0) is 37.0 Å². The van der Waals surface area contributed by atoms with Gasteiger partial charge in [0.2, 0.25) is 0 Å². The van der Waals surface area contributed by atoms with Crippen molar-refractivity contribution in [2.75, 3.05) is 6.54 Å². The van der Waals surface area contributed by atoms with E-state index in [1.807, 2.05) is 58.9 Å². The molecule has 0 aromatic heterocycles. The average Bonchev–Trinajstić information content (AvgIpc) is 3.15. The monoisotopic (exact) mass is 499 g/mol. The van der Waals surface area contributed by atoms with Crippen LogP contribution in [0, 0.1) is 18.7 Å². The topological polar surface area (TPSA) is 66.0 Å². The minimum absolute atomic E-state index is 0.0336. The number of benzene rings is 2. The highest BCUT2D eigenvalue weighted by Crippen LogP contribution is 2.44. The van der Waals surface area contributed by atoms with E-state index in [2.05, 4.69) is 5.32 Å². The van der Waals surface area contributed by atoms with Crippen molar-refractivity contribution in [3.8, 4) is 0 Å². The summed E-state index contributed by atoms with van der Waals surface area (Å²) < 4.78 is 39.6. The van der Waals surface area contributed by atoms with Crippen molar-refractivity contribution in [3.63, 3.8) is 0 Å². The van der Waals surface area contributed by atoms with Gasteiger partial charge in [-0.2, -0.15) is 0 Å². The van der Waals surface area contributed by atoms with Crippen LogP contribution < -0.4 is 5.32 Å². The molecule has 1 saturated carbocycles. The molecule has 2 aromatic rings. The number of fused-ring (bicyclic) bond motifs is 1. The lowest BCUT2D eigenvalue weighted by Crippen LogP contribution is -2.60. The van der Waals surface area contributed by atoms with Gasteiger partial charge in [-0.15, -0.1) is 0 Å². The van der Waals surface area contributed by atoms with Gasteiger partial charge in [-0.1, -0.05) is 61.9 Å². The van der Waals surface area contributed by atoms with E-state index in [-0.39, 0.29) is 36.8 Å². The Kier molecular flexibility index (Phi) is 8.15. The lowest BCUT2D eigenvalue weighted by atomic mass is 9.78. The first-order valence-electron chi connectivity index (χ1n) is 12.8. The fraction of sp³-hybridized carbons (Fsp3) is 0.552. The van der Waals surface area contributed by atoms with E-state index in [1.54, 1.807) is 18.2 Å². The van der Waals surface area contributed by atoms with Crippen molar-refractivity contribution in [3.05, 3.63) is 71.0 Å². The highest BCUT2D eigenvalue weighted by molar-refractivity contribution is 5.85. The van der Waals surface area contributed by atoms with Crippen LogP contribution in [0.15, 0.2) is 48.5 Å². The number of carbonyl (C=O) groups is 1. The maximum Gasteiger partial charge on any atom is 0.252 e. The van der Waals surface area contributed by atoms with Gasteiger partial charge in [0.15, 0.2) is 11.4 Å². The number of hydrogen-bond acceptors (Lipinski definition) is 5. The summed E-state index contributed by atoms with van der Waals surface area (Å²) in [5, 5.41) is 3.04. The number of ether oxygens (including phenoxy) is 4. The minimum Gasteiger partial charge on any atom is -0.371 e. The molecule has 1 aliphatic carbocycles. The Balaban J connectivity index is 1.60. The lowest BCUT2D eigenvalue weighted by Gasteiger charge is -2.43. The Hall–Kier alpha value is -2.32. The first-order chi connectivity index (χ1) is 17.1. The van der Waals surface area contributed by atoms with Gasteiger partial charge in [-0.05, 0) is 38.3 Å². The Bertz CT molecular complexity index is 1040. The third kappa shape index (κ3) is 6.32. The van der Waals surface area contributed by atoms with Gasteiger partial charge >= 0.3 is 0 Å². The van der Waals surface area contributed by atoms with Crippen LogP contribution in [0.3, 0.4) is 0 Å². The van der Waals surface area contributed by atoms with E-state index in [1.165, 1.54) is 11.6 Å². The number of hydrogen-bond donors (Lipinski definition) is 1. The number of amides is 1. The normalized spacial score (nSPS) is 27.1. The summed E-state index contributed by atoms with van der Waals surface area (Å²) >= 11 is 0. The molecule has 36 heavy (non-hydrogen) atoms. The standard InChI is InChI=1S/C29H38FNO5/c1-19(2)16-31-27(32)29(34-18-22-8-6-7-9-23(22)30)14-24(26-25(15-29)35-28(4,5)36-26)33-17-21-12-10-20(3)11-13-21/h6-13,19,24-26H,14-18H2,1-5H3,(H,31,32)/t24-,25-,26+,29-/m1/s1. The molecule has 1 aliphatic heterocycles. The van der Waals surface area contributed by atoms with Crippen LogP contribution in [0.1, 0.15) is 57.2 Å². The molecule has 1 N–H and O–H groups in total. The number of rotatable bonds is 9. The third-order valence-electron chi connectivity index (χ3n) is 6.78. The first kappa shape index (κ1) is 26.7. The second-order valence-corrected chi connectivity index (χ2v) is 10.9. The molecule has 0 unspecified atom stereocenters. The van der Waals surface area contributed by atoms with E-state index in [0.29, 0.717) is 25.1 Å². The summed E-state index contributed by atoms with van der Waals surface area (Å²) in [6, 6.07) is 14.6. The van der Waals surface area contributed by atoms with E-state index >= 15 is 0 Å². The SMILES string of the molecule is Cc1ccc(CO[C@@H]2C[C@](OCc3ccccc3F)(C(=O)NCC(C)C)C[C@H]3OC(C)(C)O[C@@H]23)cc1. The molecule has 1 heterocycles. The molecular weight excluding hydrogens is 461 g/mol. The fourth-order valence-electron chi connectivity index (χ4n) is 4.88. The Morgan fingerprint density at radius 3 is 2.50 bits per heavy atom. The van der Waals surface area contributed by atoms with Gasteiger partial charge < -0.3 is 24.3 Å². The molecule has 196 valence electrons. The molecule has 0 radical (unpaired) electrons. The molecule has 0 spiro atoms. The number of halogens is 1. The molecule has 2 fully saturated rings. The van der Waals surface area contributed by atoms with Gasteiger partial charge in [0.25, 0.3) is 5.91 Å². The molecule has 1 amide bonds. The maximum atomic E-state index is 14.4. The van der Waals surface area contributed by atoms with Crippen molar-refractivity contribution >= 4 is 5.91 Å². The molecule has 6 nitrogen and oxygen atoms in total. The van der Waals surface area contributed by atoms with Gasteiger partial charge in [0.05, 0.1) is 25.4 Å². The quantitative estimate of drug-likeness (QED) is 0.522. The molecule has 4 rings (SSSR count). The summed E-state index contributed by atoms with van der Waals surface area (Å²) in [6.07, 6.45) is -0.616. The predicted molar refractivity (Wildman–Crippen MR) is 135 cm³/mol. The zero-order chi connectivity index (χ0) is 25.9. The molecule has 1 saturated heterocycles. The van der Waals surface area contributed by atoms with E-state index < -0.39 is 23.6 Å². The highest BCUT2D eigenvalue weighted by atomic mass is 19.1. The average molecular weight is 500 g/mol. The van der Waals surface area contributed by atoms with E-state index in [9.17, 15) is 9.18 Å². The van der Waals surface area contributed by atoms with Gasteiger partial charge in [0, 0.05) is 24.9 Å². The smallest absolute Gasteiger partial charge is 0.252 e.